The molecule has 0 spiro atoms. The molecule has 0 saturated heterocycles. The largest absolute Gasteiger partial charge is 0.497 e. The van der Waals surface area contributed by atoms with Crippen molar-refractivity contribution in [3.8, 4) is 45.6 Å². The van der Waals surface area contributed by atoms with Crippen LogP contribution in [0.4, 0.5) is 0 Å². The number of rotatable bonds is 5. The molecule has 0 radical (unpaired) electrons. The first kappa shape index (κ1) is 28.6. The van der Waals surface area contributed by atoms with E-state index in [0.717, 1.165) is 38.7 Å². The molecule has 5 nitrogen and oxygen atoms in total. The van der Waals surface area contributed by atoms with E-state index in [4.69, 9.17) is 19.7 Å². The number of ether oxygens (including phenoxy) is 1. The van der Waals surface area contributed by atoms with Crippen molar-refractivity contribution in [2.45, 2.75) is 0 Å². The van der Waals surface area contributed by atoms with Gasteiger partial charge in [-0.05, 0) is 34.7 Å². The van der Waals surface area contributed by atoms with Crippen LogP contribution in [-0.4, -0.2) is 26.6 Å². The third-order valence-electron chi connectivity index (χ3n) is 9.54. The molecule has 3 heterocycles. The first-order valence-corrected chi connectivity index (χ1v) is 17.4. The Bertz CT molecular complexity index is 2840. The minimum Gasteiger partial charge on any atom is -0.497 e. The van der Waals surface area contributed by atoms with E-state index in [2.05, 4.69) is 89.5 Å². The maximum Gasteiger partial charge on any atom is 0.238 e. The summed E-state index contributed by atoms with van der Waals surface area (Å²) in [6, 6.07) is 52.7. The highest BCUT2D eigenvalue weighted by Gasteiger charge is 2.25. The molecule has 236 valence electrons. The SMILES string of the molecule is COc1ccc2c(c1)c1c3ccccc3c3sc4c(-c5ccccc5)cccc4c3c1n2-c1nc(-c2ccccc2)nc(-c2ccccc2)n1. The van der Waals surface area contributed by atoms with E-state index in [-0.39, 0.29) is 0 Å². The van der Waals surface area contributed by atoms with E-state index >= 15 is 0 Å². The van der Waals surface area contributed by atoms with Crippen LogP contribution in [0.15, 0.2) is 152 Å². The van der Waals surface area contributed by atoms with Crippen LogP contribution >= 0.6 is 11.3 Å². The Hall–Kier alpha value is -6.37. The normalized spacial score (nSPS) is 11.7. The predicted octanol–water partition coefficient (Wildman–Crippen LogP) is 11.5. The molecule has 3 aromatic heterocycles. The zero-order valence-corrected chi connectivity index (χ0v) is 27.9. The molecule has 7 aromatic carbocycles. The van der Waals surface area contributed by atoms with Crippen molar-refractivity contribution >= 4 is 64.1 Å². The van der Waals surface area contributed by atoms with Gasteiger partial charge in [-0.25, -0.2) is 4.98 Å². The maximum absolute atomic E-state index is 5.81. The molecule has 0 N–H and O–H groups in total. The lowest BCUT2D eigenvalue weighted by atomic mass is 9.98. The third kappa shape index (κ3) is 4.35. The van der Waals surface area contributed by atoms with Gasteiger partial charge in [-0.15, -0.1) is 11.3 Å². The summed E-state index contributed by atoms with van der Waals surface area (Å²) in [6.07, 6.45) is 0. The molecule has 10 rings (SSSR count). The highest BCUT2D eigenvalue weighted by Crippen LogP contribution is 2.49. The van der Waals surface area contributed by atoms with Gasteiger partial charge in [0.05, 0.1) is 18.1 Å². The van der Waals surface area contributed by atoms with Crippen molar-refractivity contribution in [3.63, 3.8) is 0 Å². The minimum atomic E-state index is 0.568. The summed E-state index contributed by atoms with van der Waals surface area (Å²) in [7, 11) is 1.72. The monoisotopic (exact) mass is 660 g/mol. The van der Waals surface area contributed by atoms with Gasteiger partial charge in [0.1, 0.15) is 5.75 Å². The fraction of sp³-hybridized carbons (Fsp3) is 0.0227. The predicted molar refractivity (Wildman–Crippen MR) is 207 cm³/mol. The van der Waals surface area contributed by atoms with E-state index in [1.807, 2.05) is 78.1 Å². The van der Waals surface area contributed by atoms with Crippen molar-refractivity contribution in [2.75, 3.05) is 7.11 Å². The van der Waals surface area contributed by atoms with Gasteiger partial charge in [-0.2, -0.15) is 9.97 Å². The molecule has 10 aromatic rings. The Morgan fingerprint density at radius 3 is 1.76 bits per heavy atom. The molecule has 0 bridgehead atoms. The quantitative estimate of drug-likeness (QED) is 0.184. The van der Waals surface area contributed by atoms with Gasteiger partial charge >= 0.3 is 0 Å². The zero-order valence-electron chi connectivity index (χ0n) is 27.0. The second-order valence-corrected chi connectivity index (χ2v) is 13.4. The van der Waals surface area contributed by atoms with Crippen LogP contribution in [0.25, 0.3) is 92.6 Å². The van der Waals surface area contributed by atoms with Gasteiger partial charge in [0.15, 0.2) is 11.6 Å². The highest BCUT2D eigenvalue weighted by atomic mass is 32.1. The fourth-order valence-corrected chi connectivity index (χ4v) is 8.68. The highest BCUT2D eigenvalue weighted by molar-refractivity contribution is 7.27. The summed E-state index contributed by atoms with van der Waals surface area (Å²) in [4.78, 5) is 15.5. The van der Waals surface area contributed by atoms with Gasteiger partial charge in [-0.3, -0.25) is 4.57 Å². The fourth-order valence-electron chi connectivity index (χ4n) is 7.30. The first-order chi connectivity index (χ1) is 24.8. The number of benzene rings is 7. The Balaban J connectivity index is 1.42. The van der Waals surface area contributed by atoms with E-state index in [1.54, 1.807) is 7.11 Å². The molecular formula is C44H28N4OS. The zero-order chi connectivity index (χ0) is 33.2. The van der Waals surface area contributed by atoms with Crippen molar-refractivity contribution in [2.24, 2.45) is 0 Å². The van der Waals surface area contributed by atoms with Crippen molar-refractivity contribution in [1.29, 1.82) is 0 Å². The van der Waals surface area contributed by atoms with Gasteiger partial charge in [0.2, 0.25) is 5.95 Å². The van der Waals surface area contributed by atoms with Crippen molar-refractivity contribution < 1.29 is 4.74 Å². The van der Waals surface area contributed by atoms with Crippen LogP contribution in [0, 0.1) is 0 Å². The average Bonchev–Trinajstić information content (AvgIpc) is 3.75. The number of methoxy groups -OCH3 is 1. The van der Waals surface area contributed by atoms with Crippen LogP contribution in [0.3, 0.4) is 0 Å². The van der Waals surface area contributed by atoms with Gasteiger partial charge < -0.3 is 4.74 Å². The van der Waals surface area contributed by atoms with E-state index < -0.39 is 0 Å². The number of hydrogen-bond donors (Lipinski definition) is 0. The molecule has 0 saturated carbocycles. The minimum absolute atomic E-state index is 0.568. The number of thiophene rings is 1. The molecule has 0 aliphatic heterocycles. The van der Waals surface area contributed by atoms with Gasteiger partial charge in [-0.1, -0.05) is 133 Å². The lowest BCUT2D eigenvalue weighted by Crippen LogP contribution is -2.06. The van der Waals surface area contributed by atoms with E-state index in [0.29, 0.717) is 17.6 Å². The molecule has 6 heteroatoms. The number of aromatic nitrogens is 4. The van der Waals surface area contributed by atoms with E-state index in [9.17, 15) is 0 Å². The topological polar surface area (TPSA) is 52.8 Å². The first-order valence-electron chi connectivity index (χ1n) is 16.6. The van der Waals surface area contributed by atoms with Crippen molar-refractivity contribution in [1.82, 2.24) is 19.5 Å². The number of fused-ring (bicyclic) bond motifs is 10. The Morgan fingerprint density at radius 2 is 1.10 bits per heavy atom. The van der Waals surface area contributed by atoms with Gasteiger partial charge in [0.25, 0.3) is 0 Å². The summed E-state index contributed by atoms with van der Waals surface area (Å²) < 4.78 is 10.6. The van der Waals surface area contributed by atoms with E-state index in [1.165, 1.54) is 42.1 Å². The van der Waals surface area contributed by atoms with Crippen LogP contribution in [0.5, 0.6) is 5.75 Å². The molecule has 0 atom stereocenters. The standard InChI is InChI=1S/C44H28N4OS/c1-49-30-24-25-36-35(26-30)37-32-20-11-12-21-33(32)41-38(34-23-13-22-31(40(34)50-41)27-14-5-2-6-15-27)39(37)48(36)44-46-42(28-16-7-3-8-17-28)45-43(47-44)29-18-9-4-10-19-29/h2-26H,1H3. The second-order valence-electron chi connectivity index (χ2n) is 12.4. The third-order valence-corrected chi connectivity index (χ3v) is 10.8. The smallest absolute Gasteiger partial charge is 0.238 e. The number of nitrogens with zero attached hydrogens (tertiary/aromatic N) is 4. The summed E-state index contributed by atoms with van der Waals surface area (Å²) >= 11 is 1.86. The molecule has 0 amide bonds. The van der Waals surface area contributed by atoms with Crippen LogP contribution in [-0.2, 0) is 0 Å². The lowest BCUT2D eigenvalue weighted by molar-refractivity contribution is 0.415. The summed E-state index contributed by atoms with van der Waals surface area (Å²) in [5, 5.41) is 7.03. The Labute approximate surface area is 291 Å². The lowest BCUT2D eigenvalue weighted by Gasteiger charge is -2.12. The second kappa shape index (κ2) is 11.4. The Kier molecular flexibility index (Phi) is 6.51. The molecule has 0 aliphatic rings. The van der Waals surface area contributed by atoms with Crippen LogP contribution in [0.1, 0.15) is 0 Å². The Morgan fingerprint density at radius 1 is 0.500 bits per heavy atom. The van der Waals surface area contributed by atoms with Crippen molar-refractivity contribution in [3.05, 3.63) is 152 Å². The molecule has 0 aliphatic carbocycles. The molecular weight excluding hydrogens is 633 g/mol. The number of hydrogen-bond acceptors (Lipinski definition) is 5. The summed E-state index contributed by atoms with van der Waals surface area (Å²) in [5.74, 6) is 2.61. The molecule has 0 fully saturated rings. The summed E-state index contributed by atoms with van der Waals surface area (Å²) in [5.41, 5.74) is 6.36. The maximum atomic E-state index is 5.81. The van der Waals surface area contributed by atoms with Crippen LogP contribution in [0.2, 0.25) is 0 Å². The molecule has 50 heavy (non-hydrogen) atoms. The summed E-state index contributed by atoms with van der Waals surface area (Å²) in [6.45, 7) is 0. The van der Waals surface area contributed by atoms with Gasteiger partial charge in [0, 0.05) is 47.5 Å². The van der Waals surface area contributed by atoms with Crippen LogP contribution < -0.4 is 4.74 Å². The average molecular weight is 661 g/mol. The molecule has 0 unspecified atom stereocenters.